The van der Waals surface area contributed by atoms with E-state index in [1.807, 2.05) is 0 Å². The van der Waals surface area contributed by atoms with Gasteiger partial charge in [0.25, 0.3) is 5.56 Å². The van der Waals surface area contributed by atoms with E-state index in [1.54, 1.807) is 0 Å². The molecule has 6 unspecified atom stereocenters. The molecule has 45 heavy (non-hydrogen) atoms. The average Bonchev–Trinajstić information content (AvgIpc) is 3.72. The molecule has 7 rings (SSSR count). The van der Waals surface area contributed by atoms with Crippen LogP contribution in [-0.2, 0) is 43.9 Å². The van der Waals surface area contributed by atoms with Crippen molar-refractivity contribution < 1.29 is 47.2 Å². The summed E-state index contributed by atoms with van der Waals surface area (Å²) in [6.45, 7) is -9.69. The Morgan fingerprint density at radius 3 is 2.58 bits per heavy atom. The van der Waals surface area contributed by atoms with Crippen molar-refractivity contribution in [2.24, 2.45) is 0 Å². The van der Waals surface area contributed by atoms with Crippen molar-refractivity contribution in [1.29, 1.82) is 0 Å². The first-order chi connectivity index (χ1) is 21.3. The molecular formula is C20H24N10O11P2S2. The Balaban J connectivity index is 1.21. The van der Waals surface area contributed by atoms with Gasteiger partial charge in [-0.25, -0.2) is 24.2 Å². The second kappa shape index (κ2) is 11.3. The van der Waals surface area contributed by atoms with Crippen molar-refractivity contribution in [3.05, 3.63) is 29.2 Å². The van der Waals surface area contributed by atoms with E-state index in [4.69, 9.17) is 50.8 Å². The molecule has 0 aliphatic carbocycles. The van der Waals surface area contributed by atoms with Crippen LogP contribution in [0, 0.1) is 0 Å². The molecule has 0 radical (unpaired) electrons. The maximum atomic E-state index is 13.5. The lowest BCUT2D eigenvalue weighted by molar-refractivity contribution is -0.0610. The predicted octanol–water partition coefficient (Wildman–Crippen LogP) is -1.29. The number of rotatable bonds is 2. The highest BCUT2D eigenvalue weighted by molar-refractivity contribution is 8.44. The third-order valence-corrected chi connectivity index (χ3v) is 10.5. The van der Waals surface area contributed by atoms with Crippen LogP contribution in [0.5, 0.6) is 0 Å². The number of aliphatic hydroxyl groups is 2. The summed E-state index contributed by atoms with van der Waals surface area (Å²) in [6.07, 6.45) is -7.30. The second-order valence-electron chi connectivity index (χ2n) is 10.1. The molecule has 25 heteroatoms. The number of nitrogens with zero attached hydrogens (tertiary/aromatic N) is 7. The molecule has 21 nitrogen and oxygen atoms in total. The molecule has 242 valence electrons. The maximum absolute atomic E-state index is 13.5. The fourth-order valence-electron chi connectivity index (χ4n) is 5.28. The molecule has 0 saturated carbocycles. The lowest BCUT2D eigenvalue weighted by atomic mass is 10.1. The number of H-pyrrole nitrogens is 1. The van der Waals surface area contributed by atoms with Gasteiger partial charge in [-0.15, -0.1) is 0 Å². The first kappa shape index (κ1) is 31.0. The van der Waals surface area contributed by atoms with Crippen LogP contribution < -0.4 is 17.0 Å². The van der Waals surface area contributed by atoms with Crippen molar-refractivity contribution in [3.63, 3.8) is 0 Å². The molecule has 7 heterocycles. The predicted molar refractivity (Wildman–Crippen MR) is 157 cm³/mol. The number of fused-ring (bicyclic) bond motifs is 5. The number of nitrogens with two attached hydrogens (primary N) is 2. The molecule has 3 saturated heterocycles. The Labute approximate surface area is 260 Å². The number of anilines is 2. The Hall–Kier alpha value is -2.63. The van der Waals surface area contributed by atoms with E-state index in [1.165, 1.54) is 28.1 Å². The van der Waals surface area contributed by atoms with Crippen molar-refractivity contribution in [2.75, 3.05) is 24.7 Å². The van der Waals surface area contributed by atoms with Crippen molar-refractivity contribution in [2.45, 2.75) is 49.1 Å². The van der Waals surface area contributed by atoms with Gasteiger partial charge in [0.15, 0.2) is 29.3 Å². The van der Waals surface area contributed by atoms with Gasteiger partial charge < -0.3 is 40.6 Å². The van der Waals surface area contributed by atoms with Gasteiger partial charge in [-0.1, -0.05) is 12.2 Å². The number of nitrogen functional groups attached to an aromatic ring is 2. The zero-order chi connectivity index (χ0) is 31.8. The van der Waals surface area contributed by atoms with Gasteiger partial charge in [-0.3, -0.25) is 27.9 Å². The van der Waals surface area contributed by atoms with Crippen LogP contribution in [0.25, 0.3) is 22.2 Å². The smallest absolute Gasteiger partial charge is 0.386 e. The van der Waals surface area contributed by atoms with Gasteiger partial charge in [-0.05, 0) is 11.8 Å². The first-order valence-corrected chi connectivity index (χ1v) is 18.2. The monoisotopic (exact) mass is 706 g/mol. The van der Waals surface area contributed by atoms with Gasteiger partial charge >= 0.3 is 13.5 Å². The maximum Gasteiger partial charge on any atom is 0.386 e. The van der Waals surface area contributed by atoms with E-state index in [9.17, 15) is 24.5 Å². The van der Waals surface area contributed by atoms with E-state index in [-0.39, 0.29) is 28.6 Å². The average molecular weight is 707 g/mol. The molecular weight excluding hydrogens is 682 g/mol. The van der Waals surface area contributed by atoms with E-state index in [0.717, 1.165) is 0 Å². The number of aromatic nitrogens is 8. The fourth-order valence-corrected chi connectivity index (χ4v) is 8.18. The van der Waals surface area contributed by atoms with Crippen molar-refractivity contribution in [1.82, 2.24) is 39.3 Å². The third kappa shape index (κ3) is 5.56. The Kier molecular flexibility index (Phi) is 7.76. The number of nitrogens with one attached hydrogen (secondary N) is 1. The highest BCUT2D eigenvalue weighted by atomic mass is 32.7. The van der Waals surface area contributed by atoms with Crippen LogP contribution in [-0.4, -0.2) is 104 Å². The Bertz CT molecular complexity index is 1940. The Morgan fingerprint density at radius 2 is 1.78 bits per heavy atom. The number of thiol groups is 1. The van der Waals surface area contributed by atoms with Crippen LogP contribution in [0.1, 0.15) is 12.5 Å². The summed E-state index contributed by atoms with van der Waals surface area (Å²) in [5.41, 5.74) is 11.1. The molecule has 3 aliphatic heterocycles. The van der Waals surface area contributed by atoms with Crippen molar-refractivity contribution >= 4 is 71.5 Å². The molecule has 4 aromatic heterocycles. The summed E-state index contributed by atoms with van der Waals surface area (Å²) in [4.78, 5) is 41.8. The lowest BCUT2D eigenvalue weighted by Crippen LogP contribution is -2.36. The minimum Gasteiger partial charge on any atom is -0.387 e. The highest BCUT2D eigenvalue weighted by Crippen LogP contribution is 2.58. The molecule has 10 atom stereocenters. The van der Waals surface area contributed by atoms with Gasteiger partial charge in [-0.2, -0.15) is 10.1 Å². The number of imidazole rings is 1. The quantitative estimate of drug-likeness (QED) is 0.0942. The van der Waals surface area contributed by atoms with Crippen LogP contribution in [0.15, 0.2) is 23.6 Å². The SMILES string of the molecule is Nc1nc2c(ncn2[C@@H]2O[C@@H]3COP(O)(=S)OC4C(O)[C@H](n5ncc6c(N)ncnc65)O[C@@H]4COP(=O)(S)OC2C3O)c(=O)[nH]1. The van der Waals surface area contributed by atoms with Crippen LogP contribution in [0.3, 0.4) is 0 Å². The van der Waals surface area contributed by atoms with Crippen molar-refractivity contribution in [3.8, 4) is 0 Å². The number of hydrogen-bond acceptors (Lipinski definition) is 18. The zero-order valence-corrected chi connectivity index (χ0v) is 25.9. The summed E-state index contributed by atoms with van der Waals surface area (Å²) in [5, 5.41) is 27.0. The summed E-state index contributed by atoms with van der Waals surface area (Å²) in [6, 6.07) is 0. The fraction of sp³-hybridized carbons (Fsp3) is 0.500. The third-order valence-electron chi connectivity index (χ3n) is 7.32. The number of aromatic amines is 1. The van der Waals surface area contributed by atoms with Gasteiger partial charge in [0.05, 0.1) is 31.1 Å². The topological polar surface area (TPSA) is 292 Å². The standard InChI is InChI=1S/C20H24N10O11P2S2/c21-14-6-1-26-30(15(6)24-4-23-14)18-11(32)12-8(39-18)3-37-43(35,45)41-13-10(31)7(2-36-42(34,44)40-12)38-19(13)29-5-25-9-16(29)27-20(22)28-17(9)33/h1,4-5,7-8,10-13,18-19,31-32H,2-3H2,(H,34,44)(H,35,45)(H2,21,23,24)(H3,22,27,28,33)/t7-,8-,10?,11?,12?,13?,18-,19-,42?,43?/m1/s1. The Morgan fingerprint density at radius 1 is 1.02 bits per heavy atom. The van der Waals surface area contributed by atoms with Crippen LogP contribution >= 0.6 is 25.8 Å². The van der Waals surface area contributed by atoms with Crippen LogP contribution in [0.2, 0.25) is 0 Å². The second-order valence-corrected chi connectivity index (χ2v) is 15.8. The molecule has 4 aromatic rings. The normalized spacial score (nSPS) is 37.7. The number of ether oxygens (including phenoxy) is 2. The summed E-state index contributed by atoms with van der Waals surface area (Å²) in [7, 11) is 0. The van der Waals surface area contributed by atoms with Gasteiger partial charge in [0.2, 0.25) is 5.95 Å². The van der Waals surface area contributed by atoms with E-state index in [2.05, 4.69) is 42.3 Å². The lowest BCUT2D eigenvalue weighted by Gasteiger charge is -2.27. The molecule has 8 N–H and O–H groups in total. The number of aliphatic hydroxyl groups excluding tert-OH is 2. The van der Waals surface area contributed by atoms with E-state index in [0.29, 0.717) is 5.39 Å². The highest BCUT2D eigenvalue weighted by Gasteiger charge is 2.53. The molecule has 3 fully saturated rings. The summed E-state index contributed by atoms with van der Waals surface area (Å²) < 4.78 is 50.3. The van der Waals surface area contributed by atoms with Gasteiger partial charge in [0.1, 0.15) is 48.8 Å². The molecule has 0 amide bonds. The largest absolute Gasteiger partial charge is 0.387 e. The summed E-state index contributed by atoms with van der Waals surface area (Å²) >= 11 is 9.29. The molecule has 3 aliphatic rings. The minimum absolute atomic E-state index is 0.0318. The molecule has 0 aromatic carbocycles. The summed E-state index contributed by atoms with van der Waals surface area (Å²) in [5.74, 6) is -0.0837. The number of hydrogen-bond donors (Lipinski definition) is 7. The van der Waals surface area contributed by atoms with E-state index >= 15 is 0 Å². The zero-order valence-electron chi connectivity index (χ0n) is 22.4. The molecule has 0 spiro atoms. The molecule has 2 bridgehead atoms. The van der Waals surface area contributed by atoms with Gasteiger partial charge in [0, 0.05) is 0 Å². The minimum atomic E-state index is -4.37. The first-order valence-electron chi connectivity index (χ1n) is 13.0. The van der Waals surface area contributed by atoms with E-state index < -0.39 is 81.4 Å². The van der Waals surface area contributed by atoms with Crippen LogP contribution in [0.4, 0.5) is 11.8 Å².